The number of anilines is 1. The maximum absolute atomic E-state index is 13.1. The third-order valence-electron chi connectivity index (χ3n) is 3.23. The highest BCUT2D eigenvalue weighted by Crippen LogP contribution is 2.23. The first-order valence-corrected chi connectivity index (χ1v) is 9.05. The van der Waals surface area contributed by atoms with Gasteiger partial charge in [-0.1, -0.05) is 11.6 Å². The van der Waals surface area contributed by atoms with Crippen LogP contribution < -0.4 is 14.8 Å². The standard InChI is InChI=1S/C16H16ClFN2O4S/c1-10(16(21)19-2)24-12-4-6-13(7-5-12)25(22,23)20-11-3-8-15(18)14(17)9-11/h3-10,20H,1-2H3,(H,19,21)/t10-/m0/s1. The van der Waals surface area contributed by atoms with Crippen LogP contribution in [0, 0.1) is 5.82 Å². The van der Waals surface area contributed by atoms with Gasteiger partial charge in [0.05, 0.1) is 15.6 Å². The van der Waals surface area contributed by atoms with Gasteiger partial charge in [0.1, 0.15) is 11.6 Å². The number of carbonyl (C=O) groups excluding carboxylic acids is 1. The molecule has 2 N–H and O–H groups in total. The molecule has 9 heteroatoms. The monoisotopic (exact) mass is 386 g/mol. The van der Waals surface area contributed by atoms with Crippen molar-refractivity contribution in [1.29, 1.82) is 0 Å². The number of hydrogen-bond acceptors (Lipinski definition) is 4. The molecule has 0 fully saturated rings. The largest absolute Gasteiger partial charge is 0.481 e. The summed E-state index contributed by atoms with van der Waals surface area (Å²) in [6.07, 6.45) is -0.716. The third-order valence-corrected chi connectivity index (χ3v) is 4.92. The summed E-state index contributed by atoms with van der Waals surface area (Å²) in [7, 11) is -2.38. The molecular weight excluding hydrogens is 371 g/mol. The number of likely N-dealkylation sites (N-methyl/N-ethyl adjacent to an activating group) is 1. The Kier molecular flexibility index (Phi) is 5.86. The number of sulfonamides is 1. The van der Waals surface area contributed by atoms with Crippen LogP contribution in [-0.4, -0.2) is 27.5 Å². The van der Waals surface area contributed by atoms with Crippen LogP contribution in [0.1, 0.15) is 6.92 Å². The number of amides is 1. The molecule has 2 aromatic rings. The van der Waals surface area contributed by atoms with Gasteiger partial charge in [-0.3, -0.25) is 9.52 Å². The number of carbonyl (C=O) groups is 1. The lowest BCUT2D eigenvalue weighted by Gasteiger charge is -2.14. The molecule has 0 saturated heterocycles. The first kappa shape index (κ1) is 19.0. The molecule has 1 amide bonds. The molecule has 0 spiro atoms. The van der Waals surface area contributed by atoms with E-state index in [-0.39, 0.29) is 21.5 Å². The Morgan fingerprint density at radius 3 is 2.40 bits per heavy atom. The lowest BCUT2D eigenvalue weighted by molar-refractivity contribution is -0.126. The van der Waals surface area contributed by atoms with Crippen molar-refractivity contribution in [1.82, 2.24) is 5.32 Å². The second-order valence-corrected chi connectivity index (χ2v) is 7.17. The van der Waals surface area contributed by atoms with Crippen molar-refractivity contribution in [3.63, 3.8) is 0 Å². The average molecular weight is 387 g/mol. The van der Waals surface area contributed by atoms with E-state index in [1.54, 1.807) is 6.92 Å². The molecule has 2 aromatic carbocycles. The average Bonchev–Trinajstić information content (AvgIpc) is 2.57. The molecule has 0 bridgehead atoms. The molecule has 0 saturated carbocycles. The topological polar surface area (TPSA) is 84.5 Å². The predicted octanol–water partition coefficient (Wildman–Crippen LogP) is 2.79. The Hall–Kier alpha value is -2.32. The minimum atomic E-state index is -3.88. The second-order valence-electron chi connectivity index (χ2n) is 5.08. The number of rotatable bonds is 6. The summed E-state index contributed by atoms with van der Waals surface area (Å²) in [5.41, 5.74) is 0.139. The molecule has 1 atom stereocenters. The normalized spacial score (nSPS) is 12.3. The summed E-state index contributed by atoms with van der Waals surface area (Å²) in [6.45, 7) is 1.57. The number of hydrogen-bond donors (Lipinski definition) is 2. The quantitative estimate of drug-likeness (QED) is 0.799. The lowest BCUT2D eigenvalue weighted by atomic mass is 10.3. The number of ether oxygens (including phenoxy) is 1. The maximum Gasteiger partial charge on any atom is 0.261 e. The van der Waals surface area contributed by atoms with Crippen molar-refractivity contribution in [2.45, 2.75) is 17.9 Å². The van der Waals surface area contributed by atoms with Crippen LogP contribution >= 0.6 is 11.6 Å². The van der Waals surface area contributed by atoms with Gasteiger partial charge in [0.15, 0.2) is 6.10 Å². The Morgan fingerprint density at radius 1 is 1.20 bits per heavy atom. The van der Waals surface area contributed by atoms with Gasteiger partial charge in [-0.25, -0.2) is 12.8 Å². The Morgan fingerprint density at radius 2 is 1.84 bits per heavy atom. The summed E-state index contributed by atoms with van der Waals surface area (Å²) in [4.78, 5) is 11.4. The van der Waals surface area contributed by atoms with Crippen LogP contribution in [-0.2, 0) is 14.8 Å². The Bertz CT molecular complexity index is 872. The zero-order valence-corrected chi connectivity index (χ0v) is 15.0. The molecule has 0 unspecified atom stereocenters. The van der Waals surface area contributed by atoms with Gasteiger partial charge in [-0.15, -0.1) is 0 Å². The minimum absolute atomic E-state index is 0.0205. The van der Waals surface area contributed by atoms with Crippen molar-refractivity contribution in [2.75, 3.05) is 11.8 Å². The summed E-state index contributed by atoms with van der Waals surface area (Å²) >= 11 is 5.64. The van der Waals surface area contributed by atoms with Crippen LogP contribution in [0.3, 0.4) is 0 Å². The molecule has 0 aromatic heterocycles. The van der Waals surface area contributed by atoms with Gasteiger partial charge in [0.2, 0.25) is 0 Å². The summed E-state index contributed by atoms with van der Waals surface area (Å²) in [6, 6.07) is 9.05. The Labute approximate surface area is 150 Å². The predicted molar refractivity (Wildman–Crippen MR) is 92.8 cm³/mol. The highest BCUT2D eigenvalue weighted by atomic mass is 35.5. The van der Waals surface area contributed by atoms with Crippen LogP contribution in [0.4, 0.5) is 10.1 Å². The van der Waals surface area contributed by atoms with Crippen LogP contribution in [0.5, 0.6) is 5.75 Å². The minimum Gasteiger partial charge on any atom is -0.481 e. The lowest BCUT2D eigenvalue weighted by Crippen LogP contribution is -2.33. The molecule has 25 heavy (non-hydrogen) atoms. The molecule has 6 nitrogen and oxygen atoms in total. The number of benzene rings is 2. The fourth-order valence-corrected chi connectivity index (χ4v) is 3.16. The first-order chi connectivity index (χ1) is 11.7. The highest BCUT2D eigenvalue weighted by Gasteiger charge is 2.16. The van der Waals surface area contributed by atoms with Crippen molar-refractivity contribution in [3.8, 4) is 5.75 Å². The van der Waals surface area contributed by atoms with E-state index in [0.29, 0.717) is 5.75 Å². The van der Waals surface area contributed by atoms with Crippen LogP contribution in [0.2, 0.25) is 5.02 Å². The number of nitrogens with one attached hydrogen (secondary N) is 2. The number of halogens is 2. The van der Waals surface area contributed by atoms with Gasteiger partial charge in [0.25, 0.3) is 15.9 Å². The van der Waals surface area contributed by atoms with Crippen LogP contribution in [0.15, 0.2) is 47.4 Å². The third kappa shape index (κ3) is 4.83. The molecule has 0 aliphatic heterocycles. The zero-order valence-electron chi connectivity index (χ0n) is 13.4. The van der Waals surface area contributed by atoms with Crippen molar-refractivity contribution >= 4 is 33.2 Å². The van der Waals surface area contributed by atoms with Crippen molar-refractivity contribution in [3.05, 3.63) is 53.3 Å². The molecule has 2 rings (SSSR count). The molecule has 0 aliphatic rings. The van der Waals surface area contributed by atoms with Gasteiger partial charge in [0, 0.05) is 7.05 Å². The molecule has 0 heterocycles. The van der Waals surface area contributed by atoms with E-state index in [2.05, 4.69) is 10.0 Å². The molecule has 0 aliphatic carbocycles. The van der Waals surface area contributed by atoms with E-state index in [9.17, 15) is 17.6 Å². The van der Waals surface area contributed by atoms with E-state index in [1.165, 1.54) is 43.4 Å². The van der Waals surface area contributed by atoms with E-state index < -0.39 is 21.9 Å². The van der Waals surface area contributed by atoms with Gasteiger partial charge in [-0.2, -0.15) is 0 Å². The second kappa shape index (κ2) is 7.71. The van der Waals surface area contributed by atoms with Gasteiger partial charge >= 0.3 is 0 Å². The van der Waals surface area contributed by atoms with Crippen LogP contribution in [0.25, 0.3) is 0 Å². The smallest absolute Gasteiger partial charge is 0.261 e. The van der Waals surface area contributed by atoms with Gasteiger partial charge < -0.3 is 10.1 Å². The first-order valence-electron chi connectivity index (χ1n) is 7.19. The van der Waals surface area contributed by atoms with E-state index >= 15 is 0 Å². The maximum atomic E-state index is 13.1. The fourth-order valence-electron chi connectivity index (χ4n) is 1.93. The highest BCUT2D eigenvalue weighted by molar-refractivity contribution is 7.92. The van der Waals surface area contributed by atoms with Crippen molar-refractivity contribution < 1.29 is 22.3 Å². The molecular formula is C16H16ClFN2O4S. The fraction of sp³-hybridized carbons (Fsp3) is 0.188. The van der Waals surface area contributed by atoms with Gasteiger partial charge in [-0.05, 0) is 49.4 Å². The van der Waals surface area contributed by atoms with E-state index in [4.69, 9.17) is 16.3 Å². The van der Waals surface area contributed by atoms with Crippen molar-refractivity contribution in [2.24, 2.45) is 0 Å². The SMILES string of the molecule is CNC(=O)[C@H](C)Oc1ccc(S(=O)(=O)Nc2ccc(F)c(Cl)c2)cc1. The van der Waals surface area contributed by atoms with E-state index in [0.717, 1.165) is 6.07 Å². The summed E-state index contributed by atoms with van der Waals surface area (Å²) < 4.78 is 45.5. The van der Waals surface area contributed by atoms with E-state index in [1.807, 2.05) is 0 Å². The Balaban J connectivity index is 2.14. The molecule has 134 valence electrons. The zero-order chi connectivity index (χ0) is 18.6. The molecule has 0 radical (unpaired) electrons. The summed E-state index contributed by atoms with van der Waals surface area (Å²) in [5, 5.41) is 2.26. The summed E-state index contributed by atoms with van der Waals surface area (Å²) in [5.74, 6) is -0.595.